The Bertz CT molecular complexity index is 1450. The maximum atomic E-state index is 12.8. The van der Waals surface area contributed by atoms with E-state index in [1.54, 1.807) is 28.0 Å². The molecule has 2 fully saturated rings. The Morgan fingerprint density at radius 1 is 1.28 bits per heavy atom. The van der Waals surface area contributed by atoms with Crippen LogP contribution in [0.1, 0.15) is 56.6 Å². The monoisotopic (exact) mass is 633 g/mol. The number of rotatable bonds is 13. The molecule has 236 valence electrons. The highest BCUT2D eigenvalue weighted by molar-refractivity contribution is 8.06. The molecule has 2 unspecified atom stereocenters. The van der Waals surface area contributed by atoms with Crippen LogP contribution >= 0.6 is 11.6 Å². The lowest BCUT2D eigenvalue weighted by atomic mass is 9.83. The molecule has 4 N–H and O–H groups in total. The first-order chi connectivity index (χ1) is 20.4. The number of nitrogens with zero attached hydrogens (tertiary/aromatic N) is 3. The van der Waals surface area contributed by atoms with Crippen LogP contribution in [-0.4, -0.2) is 80.6 Å². The Morgan fingerprint density at radius 2 is 2.02 bits per heavy atom. The standard InChI is InChI=1S/C30H44ClN7O4S/c1-18(2)17-43(39,40)28(32)26(15-33-4)35-29-24(31)14-34-30(37-29)36-25-11-19(3)23(13-27(25)42-22-7-8-22)20-9-10-38(5)21(12-20)16-41-6/h11,13-15,18,20-22,32-33H,7-10,12,16-17H2,1-6H3,(H2,34,35,36,37)/b26-15+,32-28?. The Hall–Kier alpha value is -2.93. The second-order valence-corrected chi connectivity index (χ2v) is 14.2. The lowest BCUT2D eigenvalue weighted by Gasteiger charge is -2.37. The fourth-order valence-electron chi connectivity index (χ4n) is 5.30. The predicted octanol–water partition coefficient (Wildman–Crippen LogP) is 5.07. The summed E-state index contributed by atoms with van der Waals surface area (Å²) < 4.78 is 37.4. The van der Waals surface area contributed by atoms with Crippen molar-refractivity contribution < 1.29 is 17.9 Å². The van der Waals surface area contributed by atoms with Crippen LogP contribution in [0, 0.1) is 18.3 Å². The molecule has 0 radical (unpaired) electrons. The van der Waals surface area contributed by atoms with E-state index in [9.17, 15) is 8.42 Å². The fourth-order valence-corrected chi connectivity index (χ4v) is 6.93. The van der Waals surface area contributed by atoms with Crippen LogP contribution in [0.2, 0.25) is 5.02 Å². The molecule has 13 heteroatoms. The van der Waals surface area contributed by atoms with Crippen molar-refractivity contribution in [2.24, 2.45) is 5.92 Å². The molecule has 4 rings (SSSR count). The number of aryl methyl sites for hydroxylation is 1. The first-order valence-corrected chi connectivity index (χ1v) is 16.7. The number of methoxy groups -OCH3 is 1. The highest BCUT2D eigenvalue weighted by Gasteiger charge is 2.30. The second-order valence-electron chi connectivity index (χ2n) is 11.8. The number of sulfone groups is 1. The average Bonchev–Trinajstić information content (AvgIpc) is 3.76. The molecule has 2 aliphatic rings. The lowest BCUT2D eigenvalue weighted by Crippen LogP contribution is -2.41. The maximum absolute atomic E-state index is 12.8. The van der Waals surface area contributed by atoms with Gasteiger partial charge in [0.15, 0.2) is 20.7 Å². The van der Waals surface area contributed by atoms with Gasteiger partial charge in [-0.25, -0.2) is 13.4 Å². The van der Waals surface area contributed by atoms with Gasteiger partial charge in [-0.1, -0.05) is 25.4 Å². The fraction of sp³-hybridized carbons (Fsp3) is 0.567. The summed E-state index contributed by atoms with van der Waals surface area (Å²) in [6.07, 6.45) is 7.13. The summed E-state index contributed by atoms with van der Waals surface area (Å²) in [5, 5.41) is 17.0. The molecule has 1 aromatic carbocycles. The van der Waals surface area contributed by atoms with Crippen molar-refractivity contribution in [1.29, 1.82) is 5.41 Å². The van der Waals surface area contributed by atoms with E-state index in [4.69, 9.17) is 26.5 Å². The summed E-state index contributed by atoms with van der Waals surface area (Å²) in [6, 6.07) is 4.59. The highest BCUT2D eigenvalue weighted by Crippen LogP contribution is 2.41. The first-order valence-electron chi connectivity index (χ1n) is 14.7. The Balaban J connectivity index is 1.60. The van der Waals surface area contributed by atoms with Crippen LogP contribution < -0.4 is 20.7 Å². The number of anilines is 3. The van der Waals surface area contributed by atoms with E-state index in [0.717, 1.165) is 49.2 Å². The van der Waals surface area contributed by atoms with E-state index in [1.165, 1.54) is 18.0 Å². The van der Waals surface area contributed by atoms with Crippen molar-refractivity contribution in [2.75, 3.05) is 50.7 Å². The lowest BCUT2D eigenvalue weighted by molar-refractivity contribution is 0.0750. The summed E-state index contributed by atoms with van der Waals surface area (Å²) in [6.45, 7) is 7.40. The topological polar surface area (TPSA) is 142 Å². The molecule has 2 heterocycles. The van der Waals surface area contributed by atoms with E-state index in [0.29, 0.717) is 18.6 Å². The number of likely N-dealkylation sites (N-methyl/N-ethyl adjacent to an activating group) is 1. The molecular weight excluding hydrogens is 590 g/mol. The first kappa shape index (κ1) is 33.0. The van der Waals surface area contributed by atoms with Gasteiger partial charge in [0.05, 0.1) is 36.0 Å². The van der Waals surface area contributed by atoms with Gasteiger partial charge in [-0.3, -0.25) is 5.41 Å². The summed E-state index contributed by atoms with van der Waals surface area (Å²) in [5.41, 5.74) is 3.18. The smallest absolute Gasteiger partial charge is 0.229 e. The molecular formula is C30H44ClN7O4S. The number of aromatic nitrogens is 2. The third-order valence-electron chi connectivity index (χ3n) is 7.64. The molecule has 0 bridgehead atoms. The van der Waals surface area contributed by atoms with Gasteiger partial charge in [0, 0.05) is 26.4 Å². The summed E-state index contributed by atoms with van der Waals surface area (Å²) in [7, 11) is 1.70. The SMILES string of the molecule is CN/C=C(/Nc1nc(Nc2cc(C)c(C3CCN(C)C(COC)C3)cc2OC2CC2)ncc1Cl)C(=N)S(=O)(=O)CC(C)C. The molecule has 0 amide bonds. The number of halogens is 1. The van der Waals surface area contributed by atoms with Crippen LogP contribution in [0.4, 0.5) is 17.5 Å². The Labute approximate surface area is 260 Å². The van der Waals surface area contributed by atoms with Crippen LogP contribution in [0.25, 0.3) is 0 Å². The van der Waals surface area contributed by atoms with Crippen LogP contribution in [0.15, 0.2) is 30.2 Å². The Morgan fingerprint density at radius 3 is 2.67 bits per heavy atom. The van der Waals surface area contributed by atoms with Gasteiger partial charge in [0.1, 0.15) is 10.8 Å². The van der Waals surface area contributed by atoms with E-state index >= 15 is 0 Å². The minimum Gasteiger partial charge on any atom is -0.488 e. The van der Waals surface area contributed by atoms with E-state index < -0.39 is 14.9 Å². The van der Waals surface area contributed by atoms with Gasteiger partial charge < -0.3 is 30.3 Å². The number of ether oxygens (including phenoxy) is 2. The van der Waals surface area contributed by atoms with E-state index in [-0.39, 0.29) is 40.3 Å². The van der Waals surface area contributed by atoms with Gasteiger partial charge in [-0.15, -0.1) is 0 Å². The molecule has 1 aliphatic carbocycles. The normalized spacial score (nSPS) is 19.8. The third kappa shape index (κ3) is 8.59. The molecule has 1 saturated heterocycles. The van der Waals surface area contributed by atoms with E-state index in [1.807, 2.05) is 0 Å². The largest absolute Gasteiger partial charge is 0.488 e. The van der Waals surface area contributed by atoms with Crippen LogP contribution in [-0.2, 0) is 14.6 Å². The van der Waals surface area contributed by atoms with Gasteiger partial charge >= 0.3 is 0 Å². The van der Waals surface area contributed by atoms with Crippen LogP contribution in [0.3, 0.4) is 0 Å². The molecule has 2 aromatic rings. The van der Waals surface area contributed by atoms with Gasteiger partial charge in [-0.05, 0) is 81.3 Å². The predicted molar refractivity (Wildman–Crippen MR) is 173 cm³/mol. The molecule has 1 aliphatic heterocycles. The molecule has 11 nitrogen and oxygen atoms in total. The molecule has 1 saturated carbocycles. The van der Waals surface area contributed by atoms with Crippen molar-refractivity contribution in [1.82, 2.24) is 20.2 Å². The van der Waals surface area contributed by atoms with Crippen molar-refractivity contribution in [3.63, 3.8) is 0 Å². The number of nitrogens with one attached hydrogen (secondary N) is 4. The number of likely N-dealkylation sites (tertiary alicyclic amines) is 1. The molecule has 43 heavy (non-hydrogen) atoms. The van der Waals surface area contributed by atoms with E-state index in [2.05, 4.69) is 56.9 Å². The van der Waals surface area contributed by atoms with Crippen molar-refractivity contribution >= 4 is 43.9 Å². The second kappa shape index (κ2) is 14.2. The third-order valence-corrected chi connectivity index (χ3v) is 9.86. The Kier molecular flexibility index (Phi) is 10.9. The number of hydrogen-bond acceptors (Lipinski definition) is 11. The van der Waals surface area contributed by atoms with Gasteiger partial charge in [-0.2, -0.15) is 4.98 Å². The summed E-state index contributed by atoms with van der Waals surface area (Å²) in [5.74, 6) is 1.28. The zero-order valence-corrected chi connectivity index (χ0v) is 27.4. The minimum atomic E-state index is -3.83. The van der Waals surface area contributed by atoms with Crippen molar-refractivity contribution in [3.8, 4) is 5.75 Å². The number of benzene rings is 1. The summed E-state index contributed by atoms with van der Waals surface area (Å²) >= 11 is 6.41. The van der Waals surface area contributed by atoms with Gasteiger partial charge in [0.2, 0.25) is 5.95 Å². The maximum Gasteiger partial charge on any atom is 0.229 e. The van der Waals surface area contributed by atoms with Crippen molar-refractivity contribution in [2.45, 2.75) is 64.5 Å². The average molecular weight is 634 g/mol. The molecule has 0 spiro atoms. The summed E-state index contributed by atoms with van der Waals surface area (Å²) in [4.78, 5) is 11.3. The highest BCUT2D eigenvalue weighted by atomic mass is 35.5. The van der Waals surface area contributed by atoms with Crippen LogP contribution in [0.5, 0.6) is 5.75 Å². The zero-order chi connectivity index (χ0) is 31.3. The van der Waals surface area contributed by atoms with Gasteiger partial charge in [0.25, 0.3) is 0 Å². The number of piperidine rings is 1. The molecule has 1 aromatic heterocycles. The minimum absolute atomic E-state index is 0.0255. The van der Waals surface area contributed by atoms with Crippen molar-refractivity contribution in [3.05, 3.63) is 46.4 Å². The quantitative estimate of drug-likeness (QED) is 0.174. The number of hydrogen-bond donors (Lipinski definition) is 4. The molecule has 2 atom stereocenters. The zero-order valence-electron chi connectivity index (χ0n) is 25.8.